The largest absolute Gasteiger partial charge is 0.354 e. The lowest BCUT2D eigenvalue weighted by Crippen LogP contribution is -2.44. The van der Waals surface area contributed by atoms with E-state index in [2.05, 4.69) is 20.6 Å². The van der Waals surface area contributed by atoms with Crippen molar-refractivity contribution in [2.45, 2.75) is 44.7 Å². The van der Waals surface area contributed by atoms with Crippen LogP contribution in [0.2, 0.25) is 0 Å². The standard InChI is InChI=1S/C14H21FN4.HI/c1-16-14(19-11-6-3-2-4-7-11)18-10-13-12(15)8-5-9-17-13;/h5,8-9,11H,2-4,6-7,10H2,1H3,(H2,16,18,19);1H. The van der Waals surface area contributed by atoms with Crippen LogP contribution in [0.4, 0.5) is 4.39 Å². The number of hydrogen-bond acceptors (Lipinski definition) is 2. The van der Waals surface area contributed by atoms with Crippen molar-refractivity contribution in [2.24, 2.45) is 4.99 Å². The summed E-state index contributed by atoms with van der Waals surface area (Å²) >= 11 is 0. The van der Waals surface area contributed by atoms with E-state index in [1.54, 1.807) is 19.3 Å². The monoisotopic (exact) mass is 392 g/mol. The molecule has 0 saturated heterocycles. The molecule has 0 unspecified atom stereocenters. The summed E-state index contributed by atoms with van der Waals surface area (Å²) in [5.41, 5.74) is 0.411. The molecule has 0 aromatic carbocycles. The molecule has 0 bridgehead atoms. The van der Waals surface area contributed by atoms with E-state index in [1.165, 1.54) is 38.2 Å². The van der Waals surface area contributed by atoms with Crippen LogP contribution in [-0.4, -0.2) is 24.0 Å². The summed E-state index contributed by atoms with van der Waals surface area (Å²) in [7, 11) is 1.73. The average molecular weight is 392 g/mol. The summed E-state index contributed by atoms with van der Waals surface area (Å²) in [6, 6.07) is 3.49. The van der Waals surface area contributed by atoms with Gasteiger partial charge in [0.05, 0.1) is 12.2 Å². The summed E-state index contributed by atoms with van der Waals surface area (Å²) in [6.45, 7) is 0.346. The van der Waals surface area contributed by atoms with Gasteiger partial charge in [-0.3, -0.25) is 9.98 Å². The molecule has 2 N–H and O–H groups in total. The zero-order chi connectivity index (χ0) is 13.5. The van der Waals surface area contributed by atoms with Crippen molar-refractivity contribution in [3.63, 3.8) is 0 Å². The first-order valence-corrected chi connectivity index (χ1v) is 6.86. The van der Waals surface area contributed by atoms with Gasteiger partial charge in [0.2, 0.25) is 0 Å². The van der Waals surface area contributed by atoms with E-state index >= 15 is 0 Å². The van der Waals surface area contributed by atoms with Gasteiger partial charge < -0.3 is 10.6 Å². The summed E-state index contributed by atoms with van der Waals surface area (Å²) in [6.07, 6.45) is 7.81. The van der Waals surface area contributed by atoms with Crippen LogP contribution >= 0.6 is 24.0 Å². The van der Waals surface area contributed by atoms with Crippen LogP contribution in [0.5, 0.6) is 0 Å². The van der Waals surface area contributed by atoms with Gasteiger partial charge in [-0.1, -0.05) is 19.3 Å². The second-order valence-electron chi connectivity index (χ2n) is 4.84. The van der Waals surface area contributed by atoms with Crippen LogP contribution in [0.25, 0.3) is 0 Å². The third-order valence-corrected chi connectivity index (χ3v) is 3.43. The van der Waals surface area contributed by atoms with Crippen LogP contribution < -0.4 is 10.6 Å². The molecule has 0 amide bonds. The maximum Gasteiger partial charge on any atom is 0.191 e. The number of nitrogens with zero attached hydrogens (tertiary/aromatic N) is 2. The van der Waals surface area contributed by atoms with Crippen LogP contribution in [-0.2, 0) is 6.54 Å². The quantitative estimate of drug-likeness (QED) is 0.473. The molecule has 1 saturated carbocycles. The molecule has 6 heteroatoms. The summed E-state index contributed by atoms with van der Waals surface area (Å²) < 4.78 is 13.4. The van der Waals surface area contributed by atoms with Crippen molar-refractivity contribution in [3.8, 4) is 0 Å². The number of rotatable bonds is 3. The van der Waals surface area contributed by atoms with Crippen LogP contribution in [0, 0.1) is 5.82 Å². The molecular formula is C14H22FIN4. The summed E-state index contributed by atoms with van der Waals surface area (Å²) in [5.74, 6) is 0.431. The zero-order valence-electron chi connectivity index (χ0n) is 11.7. The Morgan fingerprint density at radius 1 is 1.40 bits per heavy atom. The minimum atomic E-state index is -0.289. The first kappa shape index (κ1) is 17.1. The van der Waals surface area contributed by atoms with Gasteiger partial charge >= 0.3 is 0 Å². The predicted molar refractivity (Wildman–Crippen MR) is 89.8 cm³/mol. The van der Waals surface area contributed by atoms with E-state index in [4.69, 9.17) is 0 Å². The Balaban J connectivity index is 0.00000200. The molecular weight excluding hydrogens is 370 g/mol. The van der Waals surface area contributed by atoms with Crippen LogP contribution in [0.1, 0.15) is 37.8 Å². The van der Waals surface area contributed by atoms with Gasteiger partial charge in [-0.05, 0) is 25.0 Å². The van der Waals surface area contributed by atoms with Crippen LogP contribution in [0.3, 0.4) is 0 Å². The lowest BCUT2D eigenvalue weighted by molar-refractivity contribution is 0.410. The number of aromatic nitrogens is 1. The van der Waals surface area contributed by atoms with Crippen molar-refractivity contribution in [1.82, 2.24) is 15.6 Å². The number of halogens is 2. The Hall–Kier alpha value is -0.920. The number of pyridine rings is 1. The number of aliphatic imine (C=N–C) groups is 1. The second kappa shape index (κ2) is 9.10. The number of guanidine groups is 1. The smallest absolute Gasteiger partial charge is 0.191 e. The summed E-state index contributed by atoms with van der Waals surface area (Å²) in [4.78, 5) is 8.18. The minimum absolute atomic E-state index is 0. The Kier molecular flexibility index (Phi) is 7.79. The SMILES string of the molecule is CN=C(NCc1ncccc1F)NC1CCCCC1.I. The van der Waals surface area contributed by atoms with Crippen molar-refractivity contribution in [3.05, 3.63) is 29.8 Å². The van der Waals surface area contributed by atoms with E-state index in [1.807, 2.05) is 0 Å². The van der Waals surface area contributed by atoms with E-state index in [9.17, 15) is 4.39 Å². The zero-order valence-corrected chi connectivity index (χ0v) is 14.1. The predicted octanol–water partition coefficient (Wildman–Crippen LogP) is 2.84. The van der Waals surface area contributed by atoms with Gasteiger partial charge in [-0.15, -0.1) is 24.0 Å². The Morgan fingerprint density at radius 2 is 2.15 bits per heavy atom. The molecule has 1 aromatic heterocycles. The van der Waals surface area contributed by atoms with Crippen molar-refractivity contribution in [2.75, 3.05) is 7.05 Å². The molecule has 20 heavy (non-hydrogen) atoms. The summed E-state index contributed by atoms with van der Waals surface area (Å²) in [5, 5.41) is 6.49. The maximum atomic E-state index is 13.4. The molecule has 112 valence electrons. The van der Waals surface area contributed by atoms with Crippen molar-refractivity contribution >= 4 is 29.9 Å². The number of nitrogens with one attached hydrogen (secondary N) is 2. The van der Waals surface area contributed by atoms with Gasteiger partial charge in [0.15, 0.2) is 5.96 Å². The topological polar surface area (TPSA) is 49.3 Å². The highest BCUT2D eigenvalue weighted by atomic mass is 127. The fourth-order valence-corrected chi connectivity index (χ4v) is 2.35. The lowest BCUT2D eigenvalue weighted by atomic mass is 9.96. The first-order chi connectivity index (χ1) is 9.29. The Morgan fingerprint density at radius 3 is 2.80 bits per heavy atom. The maximum absolute atomic E-state index is 13.4. The first-order valence-electron chi connectivity index (χ1n) is 6.86. The highest BCUT2D eigenvalue weighted by Crippen LogP contribution is 2.17. The second-order valence-corrected chi connectivity index (χ2v) is 4.84. The van der Waals surface area contributed by atoms with E-state index < -0.39 is 0 Å². The lowest BCUT2D eigenvalue weighted by Gasteiger charge is -2.24. The molecule has 0 aliphatic heterocycles. The molecule has 2 rings (SSSR count). The van der Waals surface area contributed by atoms with Gasteiger partial charge in [0.25, 0.3) is 0 Å². The molecule has 1 aromatic rings. The molecule has 0 spiro atoms. The van der Waals surface area contributed by atoms with E-state index in [-0.39, 0.29) is 29.8 Å². The fraction of sp³-hybridized carbons (Fsp3) is 0.571. The Labute approximate surface area is 136 Å². The molecule has 0 atom stereocenters. The van der Waals surface area contributed by atoms with Gasteiger partial charge in [-0.2, -0.15) is 0 Å². The third kappa shape index (κ3) is 5.22. The highest BCUT2D eigenvalue weighted by molar-refractivity contribution is 14.0. The molecule has 1 aliphatic carbocycles. The van der Waals surface area contributed by atoms with Gasteiger partial charge in [-0.25, -0.2) is 4.39 Å². The molecule has 1 aliphatic rings. The minimum Gasteiger partial charge on any atom is -0.354 e. The highest BCUT2D eigenvalue weighted by Gasteiger charge is 2.14. The normalized spacial score (nSPS) is 16.4. The third-order valence-electron chi connectivity index (χ3n) is 3.43. The van der Waals surface area contributed by atoms with E-state index in [0.717, 1.165) is 5.96 Å². The van der Waals surface area contributed by atoms with E-state index in [0.29, 0.717) is 18.3 Å². The molecule has 0 radical (unpaired) electrons. The van der Waals surface area contributed by atoms with Crippen LogP contribution in [0.15, 0.2) is 23.3 Å². The molecule has 1 fully saturated rings. The average Bonchev–Trinajstić information content (AvgIpc) is 2.46. The van der Waals surface area contributed by atoms with Crippen molar-refractivity contribution < 1.29 is 4.39 Å². The van der Waals surface area contributed by atoms with Crippen molar-refractivity contribution in [1.29, 1.82) is 0 Å². The molecule has 1 heterocycles. The van der Waals surface area contributed by atoms with Gasteiger partial charge in [0, 0.05) is 19.3 Å². The fourth-order valence-electron chi connectivity index (χ4n) is 2.35. The number of hydrogen-bond donors (Lipinski definition) is 2. The Bertz CT molecular complexity index is 433. The van der Waals surface area contributed by atoms with Gasteiger partial charge in [0.1, 0.15) is 5.82 Å². The molecule has 4 nitrogen and oxygen atoms in total.